The Morgan fingerprint density at radius 3 is 2.41 bits per heavy atom. The number of hydrogen-bond donors (Lipinski definition) is 0. The summed E-state index contributed by atoms with van der Waals surface area (Å²) in [4.78, 5) is 0. The fraction of sp³-hybridized carbons (Fsp3) is 1.00. The molecule has 0 saturated heterocycles. The first-order chi connectivity index (χ1) is 10.6. The lowest BCUT2D eigenvalue weighted by molar-refractivity contribution is 0.161. The average molecular weight is 353 g/mol. The third kappa shape index (κ3) is 8.34. The maximum Gasteiger partial charge on any atom is 0.330 e. The minimum Gasteiger partial charge on any atom is -0.309 e. The number of rotatable bonds is 12. The van der Waals surface area contributed by atoms with Gasteiger partial charge in [-0.1, -0.05) is 52.4 Å². The highest BCUT2D eigenvalue weighted by molar-refractivity contribution is 7.53. The zero-order chi connectivity index (χ0) is 16.3. The summed E-state index contributed by atoms with van der Waals surface area (Å²) in [5, 5.41) is 0.165. The standard InChI is InChI=1S/C17H34ClO3P/c1-3-5-7-10-13-20-22(19,14-6-4-2)21-15-16-11-8-9-12-17(16)18/h16-17H,3-15H2,1-2H3. The quantitative estimate of drug-likeness (QED) is 0.232. The Balaban J connectivity index is 2.38. The number of unbranched alkanes of at least 4 members (excludes halogenated alkanes) is 4. The fourth-order valence-corrected chi connectivity index (χ4v) is 5.03. The van der Waals surface area contributed by atoms with Crippen LogP contribution in [0, 0.1) is 5.92 Å². The van der Waals surface area contributed by atoms with E-state index >= 15 is 0 Å². The van der Waals surface area contributed by atoms with Gasteiger partial charge in [-0.05, 0) is 31.6 Å². The van der Waals surface area contributed by atoms with Crippen LogP contribution in [0.3, 0.4) is 0 Å². The van der Waals surface area contributed by atoms with E-state index in [9.17, 15) is 4.57 Å². The van der Waals surface area contributed by atoms with Crippen molar-refractivity contribution in [3.63, 3.8) is 0 Å². The van der Waals surface area contributed by atoms with Gasteiger partial charge in [0.05, 0.1) is 19.4 Å². The van der Waals surface area contributed by atoms with Gasteiger partial charge in [0.1, 0.15) is 0 Å². The van der Waals surface area contributed by atoms with Crippen LogP contribution >= 0.6 is 19.2 Å². The van der Waals surface area contributed by atoms with Crippen molar-refractivity contribution in [2.24, 2.45) is 5.92 Å². The Bertz CT molecular complexity index is 325. The van der Waals surface area contributed by atoms with Crippen LogP contribution in [0.2, 0.25) is 0 Å². The van der Waals surface area contributed by atoms with Gasteiger partial charge in [0.25, 0.3) is 0 Å². The Morgan fingerprint density at radius 1 is 1.00 bits per heavy atom. The Hall–Kier alpha value is 0.440. The molecular weight excluding hydrogens is 319 g/mol. The van der Waals surface area contributed by atoms with Gasteiger partial charge < -0.3 is 9.05 Å². The third-order valence-electron chi connectivity index (χ3n) is 4.37. The molecule has 0 aromatic rings. The van der Waals surface area contributed by atoms with Gasteiger partial charge in [-0.2, -0.15) is 0 Å². The van der Waals surface area contributed by atoms with Crippen molar-refractivity contribution in [1.82, 2.24) is 0 Å². The summed E-state index contributed by atoms with van der Waals surface area (Å²) >= 11 is 6.37. The van der Waals surface area contributed by atoms with Gasteiger partial charge in [0, 0.05) is 5.38 Å². The molecule has 22 heavy (non-hydrogen) atoms. The second kappa shape index (κ2) is 11.9. The molecule has 1 aliphatic rings. The first-order valence-electron chi connectivity index (χ1n) is 9.13. The molecule has 0 amide bonds. The molecule has 0 N–H and O–H groups in total. The smallest absolute Gasteiger partial charge is 0.309 e. The molecule has 1 saturated carbocycles. The molecule has 132 valence electrons. The van der Waals surface area contributed by atoms with Crippen molar-refractivity contribution in [3.8, 4) is 0 Å². The second-order valence-electron chi connectivity index (χ2n) is 6.44. The highest BCUT2D eigenvalue weighted by atomic mass is 35.5. The van der Waals surface area contributed by atoms with Gasteiger partial charge in [-0.15, -0.1) is 11.6 Å². The third-order valence-corrected chi connectivity index (χ3v) is 6.93. The second-order valence-corrected chi connectivity index (χ2v) is 9.18. The minimum absolute atomic E-state index is 0.165. The summed E-state index contributed by atoms with van der Waals surface area (Å²) in [5.41, 5.74) is 0. The predicted molar refractivity (Wildman–Crippen MR) is 95.0 cm³/mol. The van der Waals surface area contributed by atoms with Crippen LogP contribution in [0.15, 0.2) is 0 Å². The normalized spacial score (nSPS) is 25.0. The Kier molecular flexibility index (Phi) is 11.1. The summed E-state index contributed by atoms with van der Waals surface area (Å²) in [5.74, 6) is 0.328. The molecule has 0 bridgehead atoms. The van der Waals surface area contributed by atoms with E-state index in [0.717, 1.165) is 38.5 Å². The van der Waals surface area contributed by atoms with Crippen LogP contribution in [-0.2, 0) is 13.6 Å². The van der Waals surface area contributed by atoms with E-state index in [4.69, 9.17) is 20.6 Å². The molecule has 0 radical (unpaired) electrons. The molecule has 1 fully saturated rings. The molecule has 0 aromatic heterocycles. The summed E-state index contributed by atoms with van der Waals surface area (Å²) in [6, 6.07) is 0. The summed E-state index contributed by atoms with van der Waals surface area (Å²) in [7, 11) is -2.94. The molecule has 0 aromatic carbocycles. The van der Waals surface area contributed by atoms with E-state index in [2.05, 4.69) is 13.8 Å². The van der Waals surface area contributed by atoms with E-state index in [1.165, 1.54) is 25.7 Å². The van der Waals surface area contributed by atoms with Crippen molar-refractivity contribution in [2.45, 2.75) is 83.4 Å². The average Bonchev–Trinajstić information content (AvgIpc) is 2.52. The van der Waals surface area contributed by atoms with E-state index in [-0.39, 0.29) is 5.38 Å². The van der Waals surface area contributed by atoms with Gasteiger partial charge in [-0.25, -0.2) is 0 Å². The fourth-order valence-electron chi connectivity index (χ4n) is 2.81. The summed E-state index contributed by atoms with van der Waals surface area (Å²) in [6.07, 6.45) is 11.5. The van der Waals surface area contributed by atoms with E-state index in [0.29, 0.717) is 25.3 Å². The minimum atomic E-state index is -2.94. The van der Waals surface area contributed by atoms with E-state index in [1.54, 1.807) is 0 Å². The lowest BCUT2D eigenvalue weighted by atomic mass is 9.89. The van der Waals surface area contributed by atoms with Crippen molar-refractivity contribution in [2.75, 3.05) is 19.4 Å². The molecular formula is C17H34ClO3P. The molecule has 0 aliphatic heterocycles. The van der Waals surface area contributed by atoms with Crippen molar-refractivity contribution in [1.29, 1.82) is 0 Å². The first-order valence-corrected chi connectivity index (χ1v) is 11.3. The number of halogens is 1. The maximum absolute atomic E-state index is 12.9. The van der Waals surface area contributed by atoms with Crippen molar-refractivity contribution in [3.05, 3.63) is 0 Å². The van der Waals surface area contributed by atoms with Gasteiger partial charge in [0.15, 0.2) is 0 Å². The summed E-state index contributed by atoms with van der Waals surface area (Å²) in [6.45, 7) is 5.32. The van der Waals surface area contributed by atoms with Crippen LogP contribution in [0.25, 0.3) is 0 Å². The number of hydrogen-bond acceptors (Lipinski definition) is 3. The molecule has 5 heteroatoms. The van der Waals surface area contributed by atoms with Crippen LogP contribution in [0.4, 0.5) is 0 Å². The van der Waals surface area contributed by atoms with Crippen LogP contribution in [-0.4, -0.2) is 24.8 Å². The Morgan fingerprint density at radius 2 is 1.73 bits per heavy atom. The molecule has 3 atom stereocenters. The molecule has 3 unspecified atom stereocenters. The zero-order valence-corrected chi connectivity index (χ0v) is 16.0. The Labute approximate surface area is 142 Å². The van der Waals surface area contributed by atoms with Gasteiger partial charge in [0.2, 0.25) is 0 Å². The topological polar surface area (TPSA) is 35.5 Å². The van der Waals surface area contributed by atoms with Gasteiger partial charge >= 0.3 is 7.60 Å². The molecule has 1 aliphatic carbocycles. The monoisotopic (exact) mass is 352 g/mol. The molecule has 1 rings (SSSR count). The molecule has 0 spiro atoms. The largest absolute Gasteiger partial charge is 0.330 e. The zero-order valence-electron chi connectivity index (χ0n) is 14.4. The highest BCUT2D eigenvalue weighted by Gasteiger charge is 2.29. The van der Waals surface area contributed by atoms with Gasteiger partial charge in [-0.3, -0.25) is 4.57 Å². The SMILES string of the molecule is CCCCCCOP(=O)(CCCC)OCC1CCCCC1Cl. The lowest BCUT2D eigenvalue weighted by Crippen LogP contribution is -2.24. The van der Waals surface area contributed by atoms with Crippen LogP contribution in [0.5, 0.6) is 0 Å². The number of alkyl halides is 1. The molecule has 3 nitrogen and oxygen atoms in total. The van der Waals surface area contributed by atoms with Crippen molar-refractivity contribution < 1.29 is 13.6 Å². The van der Waals surface area contributed by atoms with Crippen LogP contribution < -0.4 is 0 Å². The first kappa shape index (κ1) is 20.5. The summed E-state index contributed by atoms with van der Waals surface area (Å²) < 4.78 is 24.4. The van der Waals surface area contributed by atoms with Crippen molar-refractivity contribution >= 4 is 19.2 Å². The van der Waals surface area contributed by atoms with Crippen LogP contribution in [0.1, 0.15) is 78.1 Å². The molecule has 0 heterocycles. The predicted octanol–water partition coefficient (Wildman–Crippen LogP) is 6.39. The highest BCUT2D eigenvalue weighted by Crippen LogP contribution is 2.50. The van der Waals surface area contributed by atoms with E-state index < -0.39 is 7.60 Å². The van der Waals surface area contributed by atoms with E-state index in [1.807, 2.05) is 0 Å². The lowest BCUT2D eigenvalue weighted by Gasteiger charge is -2.28. The maximum atomic E-state index is 12.9.